The number of benzene rings is 2. The minimum absolute atomic E-state index is 0.109. The summed E-state index contributed by atoms with van der Waals surface area (Å²) in [4.78, 5) is 19.8. The molecule has 1 amide bonds. The highest BCUT2D eigenvalue weighted by molar-refractivity contribution is 7.92. The minimum atomic E-state index is -3.28. The van der Waals surface area contributed by atoms with Crippen LogP contribution in [0.4, 0.5) is 10.5 Å². The zero-order chi connectivity index (χ0) is 32.0. The van der Waals surface area contributed by atoms with E-state index in [9.17, 15) is 13.2 Å². The first-order valence-electron chi connectivity index (χ1n) is 15.3. The van der Waals surface area contributed by atoms with Gasteiger partial charge in [-0.25, -0.2) is 13.2 Å². The van der Waals surface area contributed by atoms with Gasteiger partial charge in [0.15, 0.2) is 0 Å². The van der Waals surface area contributed by atoms with Crippen LogP contribution in [0.2, 0.25) is 0 Å². The highest BCUT2D eigenvalue weighted by Crippen LogP contribution is 2.24. The van der Waals surface area contributed by atoms with Crippen LogP contribution in [0.15, 0.2) is 71.9 Å². The Morgan fingerprint density at radius 3 is 2.23 bits per heavy atom. The van der Waals surface area contributed by atoms with Crippen molar-refractivity contribution in [2.24, 2.45) is 10.9 Å². The number of aryl methyl sites for hydroxylation is 1. The van der Waals surface area contributed by atoms with Gasteiger partial charge in [0.05, 0.1) is 12.3 Å². The van der Waals surface area contributed by atoms with E-state index in [0.717, 1.165) is 80.5 Å². The first-order valence-corrected chi connectivity index (χ1v) is 17.2. The number of hydrogen-bond donors (Lipinski definition) is 2. The fourth-order valence-corrected chi connectivity index (χ4v) is 5.55. The molecule has 0 aliphatic carbocycles. The predicted octanol–water partition coefficient (Wildman–Crippen LogP) is 7.36. The largest absolute Gasteiger partial charge is 0.444 e. The van der Waals surface area contributed by atoms with Gasteiger partial charge in [-0.05, 0) is 102 Å². The number of anilines is 1. The number of allylic oxidation sites excluding steroid dienone is 1. The zero-order valence-electron chi connectivity index (χ0n) is 27.2. The third-order valence-corrected chi connectivity index (χ3v) is 7.71. The Kier molecular flexibility index (Phi) is 14.4. The summed E-state index contributed by atoms with van der Waals surface area (Å²) in [6, 6.07) is 17.4. The molecule has 1 aliphatic rings. The summed E-state index contributed by atoms with van der Waals surface area (Å²) in [5, 5.41) is 3.07. The number of piperidine rings is 1. The second-order valence-electron chi connectivity index (χ2n) is 11.9. The van der Waals surface area contributed by atoms with E-state index in [0.29, 0.717) is 11.6 Å². The lowest BCUT2D eigenvalue weighted by Crippen LogP contribution is -2.39. The van der Waals surface area contributed by atoms with E-state index >= 15 is 0 Å². The normalized spacial score (nSPS) is 15.6. The van der Waals surface area contributed by atoms with E-state index in [-0.39, 0.29) is 6.04 Å². The number of alkyl carbamates (subject to hydrolysis) is 1. The fraction of sp³-hybridized carbons (Fsp3) is 0.529. The fourth-order valence-electron chi connectivity index (χ4n) is 4.98. The number of sulfonamides is 1. The van der Waals surface area contributed by atoms with Crippen molar-refractivity contribution < 1.29 is 17.9 Å². The molecule has 1 fully saturated rings. The number of hydrogen-bond acceptors (Lipinski definition) is 6. The van der Waals surface area contributed by atoms with Gasteiger partial charge in [0.1, 0.15) is 5.60 Å². The van der Waals surface area contributed by atoms with E-state index in [1.54, 1.807) is 12.1 Å². The third-order valence-electron chi connectivity index (χ3n) is 7.10. The van der Waals surface area contributed by atoms with Crippen LogP contribution < -0.4 is 10.0 Å². The maximum atomic E-state index is 12.5. The van der Waals surface area contributed by atoms with Crippen LogP contribution in [0, 0.1) is 5.92 Å². The number of carbonyl (C=O) groups excluding carboxylic acids is 1. The summed E-state index contributed by atoms with van der Waals surface area (Å²) in [5.41, 5.74) is 4.21. The second-order valence-corrected chi connectivity index (χ2v) is 13.7. The monoisotopic (exact) mass is 612 g/mol. The number of carbonyl (C=O) groups is 1. The van der Waals surface area contributed by atoms with E-state index in [2.05, 4.69) is 28.4 Å². The molecule has 2 N–H and O–H groups in total. The van der Waals surface area contributed by atoms with Crippen molar-refractivity contribution in [3.05, 3.63) is 78.0 Å². The molecule has 1 heterocycles. The number of likely N-dealkylation sites (tertiary alicyclic amines) is 1. The summed E-state index contributed by atoms with van der Waals surface area (Å²) in [6.45, 7) is 18.8. The number of nitrogens with zero attached hydrogens (tertiary/aromatic N) is 2. The van der Waals surface area contributed by atoms with Crippen molar-refractivity contribution in [1.29, 1.82) is 0 Å². The Balaban J connectivity index is 0.00000316. The number of ether oxygens (including phenoxy) is 1. The zero-order valence-corrected chi connectivity index (χ0v) is 28.0. The van der Waals surface area contributed by atoms with E-state index < -0.39 is 21.7 Å². The summed E-state index contributed by atoms with van der Waals surface area (Å²) < 4.78 is 30.8. The molecule has 1 saturated heterocycles. The van der Waals surface area contributed by atoms with Gasteiger partial charge in [-0.3, -0.25) is 9.71 Å². The van der Waals surface area contributed by atoms with Crippen molar-refractivity contribution in [3.63, 3.8) is 0 Å². The van der Waals surface area contributed by atoms with Crippen molar-refractivity contribution in [1.82, 2.24) is 10.2 Å². The van der Waals surface area contributed by atoms with Crippen molar-refractivity contribution in [2.45, 2.75) is 85.3 Å². The van der Waals surface area contributed by atoms with Gasteiger partial charge in [-0.2, -0.15) is 0 Å². The highest BCUT2D eigenvalue weighted by atomic mass is 32.2. The van der Waals surface area contributed by atoms with Crippen LogP contribution in [-0.4, -0.2) is 56.6 Å². The van der Waals surface area contributed by atoms with Gasteiger partial charge in [0.2, 0.25) is 10.0 Å². The molecule has 1 aliphatic heterocycles. The van der Waals surface area contributed by atoms with E-state index in [4.69, 9.17) is 9.73 Å². The highest BCUT2D eigenvalue weighted by Gasteiger charge is 2.24. The number of aliphatic imine (C=N–C) groups is 1. The molecule has 9 heteroatoms. The molecular weight excluding hydrogens is 560 g/mol. The van der Waals surface area contributed by atoms with Gasteiger partial charge in [0, 0.05) is 23.6 Å². The Labute approximate surface area is 260 Å². The van der Waals surface area contributed by atoms with Gasteiger partial charge in [-0.15, -0.1) is 0 Å². The second kappa shape index (κ2) is 17.2. The Hall–Kier alpha value is -3.17. The molecule has 1 atom stereocenters. The van der Waals surface area contributed by atoms with Crippen LogP contribution >= 0.6 is 0 Å². The number of nitrogens with one attached hydrogen (secondary N) is 2. The Bertz CT molecular complexity index is 1280. The smallest absolute Gasteiger partial charge is 0.408 e. The lowest BCUT2D eigenvalue weighted by Gasteiger charge is -2.33. The van der Waals surface area contributed by atoms with Gasteiger partial charge < -0.3 is 15.0 Å². The average molecular weight is 613 g/mol. The Morgan fingerprint density at radius 2 is 1.67 bits per heavy atom. The lowest BCUT2D eigenvalue weighted by molar-refractivity contribution is 0.0496. The van der Waals surface area contributed by atoms with Gasteiger partial charge >= 0.3 is 6.09 Å². The molecule has 0 bridgehead atoms. The topological polar surface area (TPSA) is 100 Å². The van der Waals surface area contributed by atoms with Crippen LogP contribution in [0.3, 0.4) is 0 Å². The van der Waals surface area contributed by atoms with Crippen LogP contribution in [0.5, 0.6) is 0 Å². The molecular formula is C34H52N4O4S. The molecule has 2 aromatic rings. The molecule has 238 valence electrons. The van der Waals surface area contributed by atoms with Crippen molar-refractivity contribution in [2.75, 3.05) is 30.6 Å². The minimum Gasteiger partial charge on any atom is -0.444 e. The lowest BCUT2D eigenvalue weighted by atomic mass is 9.92. The number of amides is 1. The quantitative estimate of drug-likeness (QED) is 0.244. The third kappa shape index (κ3) is 14.2. The first kappa shape index (κ1) is 36.0. The summed E-state index contributed by atoms with van der Waals surface area (Å²) >= 11 is 0. The van der Waals surface area contributed by atoms with Gasteiger partial charge in [0.25, 0.3) is 0 Å². The summed E-state index contributed by atoms with van der Waals surface area (Å²) in [7, 11) is -3.28. The first-order chi connectivity index (χ1) is 20.3. The predicted molar refractivity (Wildman–Crippen MR) is 179 cm³/mol. The number of rotatable bonds is 12. The molecule has 8 nitrogen and oxygen atoms in total. The standard InChI is InChI=1S/C32H46N4O4S.C2H6/c1-24(12-13-26-14-16-29(17-15-26)35-41(6,38)39)33-25(2)27-18-21-36(22-19-27)23-20-30(28-10-8-7-9-11-28)34-31(37)40-32(3,4)5;1-2/h7-11,14-17,27,30,35H,1,12-13,18-23H2,2-6H3,(H,34,37);1-2H3. The molecule has 0 spiro atoms. The van der Waals surface area contributed by atoms with Gasteiger partial charge in [-0.1, -0.05) is 62.9 Å². The molecule has 2 aromatic carbocycles. The molecule has 1 unspecified atom stereocenters. The van der Waals surface area contributed by atoms with Crippen LogP contribution in [0.1, 0.15) is 84.4 Å². The van der Waals surface area contributed by atoms with Crippen molar-refractivity contribution in [3.8, 4) is 0 Å². The van der Waals surface area contributed by atoms with E-state index in [1.165, 1.54) is 0 Å². The van der Waals surface area contributed by atoms with Crippen LogP contribution in [0.25, 0.3) is 0 Å². The Morgan fingerprint density at radius 1 is 1.07 bits per heavy atom. The summed E-state index contributed by atoms with van der Waals surface area (Å²) in [6.07, 6.45) is 5.21. The SMILES string of the molecule is C=C(CCc1ccc(NS(C)(=O)=O)cc1)N=C(C)C1CCN(CCC(NC(=O)OC(C)(C)C)c2ccccc2)CC1.CC. The van der Waals surface area contributed by atoms with E-state index in [1.807, 2.05) is 77.1 Å². The molecule has 0 radical (unpaired) electrons. The maximum Gasteiger partial charge on any atom is 0.408 e. The molecule has 0 aromatic heterocycles. The van der Waals surface area contributed by atoms with Crippen LogP contribution in [-0.2, 0) is 21.2 Å². The summed E-state index contributed by atoms with van der Waals surface area (Å²) in [5.74, 6) is 0.439. The molecule has 43 heavy (non-hydrogen) atoms. The molecule has 0 saturated carbocycles. The van der Waals surface area contributed by atoms with Crippen molar-refractivity contribution >= 4 is 27.5 Å². The average Bonchev–Trinajstić information content (AvgIpc) is 2.95. The maximum absolute atomic E-state index is 12.5. The molecule has 3 rings (SSSR count).